The van der Waals surface area contributed by atoms with Gasteiger partial charge in [0.25, 0.3) is 5.56 Å². The van der Waals surface area contributed by atoms with Crippen LogP contribution in [0.4, 0.5) is 0 Å². The van der Waals surface area contributed by atoms with Gasteiger partial charge in [0.1, 0.15) is 5.75 Å². The van der Waals surface area contributed by atoms with Crippen LogP contribution in [0, 0.1) is 0 Å². The van der Waals surface area contributed by atoms with E-state index in [1.165, 1.54) is 0 Å². The number of nitrogens with one attached hydrogen (secondary N) is 1. The van der Waals surface area contributed by atoms with Crippen molar-refractivity contribution < 1.29 is 4.74 Å². The van der Waals surface area contributed by atoms with E-state index >= 15 is 0 Å². The molecule has 1 aliphatic rings. The first kappa shape index (κ1) is 13.0. The molecule has 3 nitrogen and oxygen atoms in total. The Labute approximate surface area is 111 Å². The number of hydrogen-bond donors (Lipinski definition) is 1. The molecule has 0 unspecified atom stereocenters. The van der Waals surface area contributed by atoms with Gasteiger partial charge in [0, 0.05) is 17.7 Å². The molecule has 96 valence electrons. The summed E-state index contributed by atoms with van der Waals surface area (Å²) in [5.41, 5.74) is 2.49. The summed E-state index contributed by atoms with van der Waals surface area (Å²) in [4.78, 5) is 14.6. The summed E-state index contributed by atoms with van der Waals surface area (Å²) in [5, 5.41) is 0.959. The van der Waals surface area contributed by atoms with Crippen molar-refractivity contribution in [1.82, 2.24) is 4.98 Å². The SMILES string of the molecule is CC.O=c1[nH]c2cc(CCl)ccc2c2c1CCO2. The lowest BCUT2D eigenvalue weighted by Crippen LogP contribution is -2.10. The van der Waals surface area contributed by atoms with Crippen molar-refractivity contribution in [3.8, 4) is 5.75 Å². The Morgan fingerprint density at radius 3 is 2.89 bits per heavy atom. The molecule has 0 radical (unpaired) electrons. The number of hydrogen-bond acceptors (Lipinski definition) is 2. The van der Waals surface area contributed by atoms with Crippen LogP contribution >= 0.6 is 11.6 Å². The molecule has 0 fully saturated rings. The van der Waals surface area contributed by atoms with Crippen LogP contribution in [0.25, 0.3) is 10.9 Å². The minimum atomic E-state index is -0.0493. The lowest BCUT2D eigenvalue weighted by Gasteiger charge is -2.05. The number of halogens is 1. The molecule has 0 spiro atoms. The van der Waals surface area contributed by atoms with Crippen LogP contribution in [-0.2, 0) is 12.3 Å². The maximum atomic E-state index is 11.8. The fraction of sp³-hybridized carbons (Fsp3) is 0.357. The van der Waals surface area contributed by atoms with Crippen LogP contribution in [0.15, 0.2) is 23.0 Å². The summed E-state index contributed by atoms with van der Waals surface area (Å²) in [6.07, 6.45) is 0.692. The molecular weight excluding hydrogens is 250 g/mol. The van der Waals surface area contributed by atoms with Gasteiger partial charge in [-0.1, -0.05) is 19.9 Å². The van der Waals surface area contributed by atoms with E-state index in [-0.39, 0.29) is 5.56 Å². The third kappa shape index (κ3) is 2.10. The molecule has 0 saturated heterocycles. The quantitative estimate of drug-likeness (QED) is 0.805. The second-order valence-electron chi connectivity index (χ2n) is 3.87. The van der Waals surface area contributed by atoms with Crippen molar-refractivity contribution in [2.24, 2.45) is 0 Å². The molecule has 1 N–H and O–H groups in total. The zero-order valence-corrected chi connectivity index (χ0v) is 11.3. The molecule has 0 atom stereocenters. The van der Waals surface area contributed by atoms with Gasteiger partial charge in [-0.2, -0.15) is 0 Å². The number of rotatable bonds is 1. The van der Waals surface area contributed by atoms with Crippen LogP contribution in [-0.4, -0.2) is 11.6 Å². The van der Waals surface area contributed by atoms with Gasteiger partial charge in [0.15, 0.2) is 0 Å². The normalized spacial score (nSPS) is 12.6. The number of aromatic nitrogens is 1. The average molecular weight is 266 g/mol. The van der Waals surface area contributed by atoms with Crippen LogP contribution < -0.4 is 10.3 Å². The topological polar surface area (TPSA) is 42.1 Å². The summed E-state index contributed by atoms with van der Waals surface area (Å²) >= 11 is 5.76. The number of benzene rings is 1. The largest absolute Gasteiger partial charge is 0.492 e. The van der Waals surface area contributed by atoms with Gasteiger partial charge in [-0.05, 0) is 17.7 Å². The number of alkyl halides is 1. The Morgan fingerprint density at radius 2 is 2.17 bits per heavy atom. The third-order valence-electron chi connectivity index (χ3n) is 2.88. The maximum absolute atomic E-state index is 11.8. The van der Waals surface area contributed by atoms with Gasteiger partial charge >= 0.3 is 0 Å². The first-order valence-corrected chi connectivity index (χ1v) is 6.69. The van der Waals surface area contributed by atoms with Crippen molar-refractivity contribution in [3.05, 3.63) is 39.7 Å². The van der Waals surface area contributed by atoms with Crippen LogP contribution in [0.5, 0.6) is 5.75 Å². The second kappa shape index (κ2) is 5.44. The van der Waals surface area contributed by atoms with E-state index in [9.17, 15) is 4.79 Å². The van der Waals surface area contributed by atoms with Gasteiger partial charge in [-0.25, -0.2) is 0 Å². The summed E-state index contributed by atoms with van der Waals surface area (Å²) in [7, 11) is 0. The monoisotopic (exact) mass is 265 g/mol. The van der Waals surface area contributed by atoms with Crippen molar-refractivity contribution in [2.75, 3.05) is 6.61 Å². The summed E-state index contributed by atoms with van der Waals surface area (Å²) < 4.78 is 5.51. The Bertz CT molecular complexity index is 619. The van der Waals surface area contributed by atoms with Crippen LogP contribution in [0.1, 0.15) is 25.0 Å². The first-order valence-electron chi connectivity index (χ1n) is 6.16. The van der Waals surface area contributed by atoms with Gasteiger partial charge in [-0.15, -0.1) is 11.6 Å². The smallest absolute Gasteiger partial charge is 0.255 e. The molecule has 18 heavy (non-hydrogen) atoms. The number of H-pyrrole nitrogens is 1. The molecule has 1 aromatic carbocycles. The predicted molar refractivity (Wildman–Crippen MR) is 74.7 cm³/mol. The van der Waals surface area contributed by atoms with E-state index in [4.69, 9.17) is 16.3 Å². The molecule has 1 aromatic heterocycles. The van der Waals surface area contributed by atoms with E-state index in [2.05, 4.69) is 4.98 Å². The van der Waals surface area contributed by atoms with Crippen molar-refractivity contribution in [3.63, 3.8) is 0 Å². The Morgan fingerprint density at radius 1 is 1.39 bits per heavy atom. The zero-order chi connectivity index (χ0) is 13.1. The maximum Gasteiger partial charge on any atom is 0.255 e. The standard InChI is InChI=1S/C12H10ClNO2.C2H6/c13-6-7-1-2-8-10(5-7)14-12(15)9-3-4-16-11(8)9;1-2/h1-2,5H,3-4,6H2,(H,14,15);1-2H3. The highest BCUT2D eigenvalue weighted by molar-refractivity contribution is 6.17. The molecule has 0 aliphatic carbocycles. The predicted octanol–water partition coefficient (Wildman–Crippen LogP) is 3.23. The second-order valence-corrected chi connectivity index (χ2v) is 4.14. The molecule has 2 heterocycles. The highest BCUT2D eigenvalue weighted by Gasteiger charge is 2.19. The lowest BCUT2D eigenvalue weighted by atomic mass is 10.1. The van der Waals surface area contributed by atoms with Crippen molar-refractivity contribution in [1.29, 1.82) is 0 Å². The zero-order valence-electron chi connectivity index (χ0n) is 10.5. The molecule has 3 rings (SSSR count). The van der Waals surface area contributed by atoms with Crippen LogP contribution in [0.3, 0.4) is 0 Å². The van der Waals surface area contributed by atoms with Crippen molar-refractivity contribution in [2.45, 2.75) is 26.1 Å². The molecular formula is C14H16ClNO2. The Balaban J connectivity index is 0.000000574. The molecule has 4 heteroatoms. The fourth-order valence-corrected chi connectivity index (χ4v) is 2.25. The molecule has 0 amide bonds. The molecule has 0 saturated carbocycles. The van der Waals surface area contributed by atoms with Gasteiger partial charge in [-0.3, -0.25) is 4.79 Å². The van der Waals surface area contributed by atoms with Gasteiger partial charge in [0.2, 0.25) is 0 Å². The Hall–Kier alpha value is -1.48. The van der Waals surface area contributed by atoms with Gasteiger partial charge < -0.3 is 9.72 Å². The average Bonchev–Trinajstić information content (AvgIpc) is 2.90. The highest BCUT2D eigenvalue weighted by Crippen LogP contribution is 2.30. The van der Waals surface area contributed by atoms with Crippen molar-refractivity contribution >= 4 is 22.5 Å². The first-order chi connectivity index (χ1) is 8.79. The number of aromatic amines is 1. The van der Waals surface area contributed by atoms with E-state index in [0.29, 0.717) is 18.9 Å². The number of ether oxygens (including phenoxy) is 1. The minimum absolute atomic E-state index is 0.0493. The molecule has 1 aliphatic heterocycles. The third-order valence-corrected chi connectivity index (χ3v) is 3.19. The number of pyridine rings is 1. The summed E-state index contributed by atoms with van der Waals surface area (Å²) in [6.45, 7) is 4.59. The Kier molecular flexibility index (Phi) is 3.92. The minimum Gasteiger partial charge on any atom is -0.492 e. The highest BCUT2D eigenvalue weighted by atomic mass is 35.5. The fourth-order valence-electron chi connectivity index (χ4n) is 2.09. The van der Waals surface area contributed by atoms with E-state index in [1.807, 2.05) is 32.0 Å². The van der Waals surface area contributed by atoms with E-state index in [0.717, 1.165) is 27.8 Å². The lowest BCUT2D eigenvalue weighted by molar-refractivity contribution is 0.360. The van der Waals surface area contributed by atoms with Gasteiger partial charge in [0.05, 0.1) is 17.7 Å². The summed E-state index contributed by atoms with van der Waals surface area (Å²) in [5.74, 6) is 1.18. The molecule has 2 aromatic rings. The number of fused-ring (bicyclic) bond motifs is 3. The van der Waals surface area contributed by atoms with Crippen LogP contribution in [0.2, 0.25) is 0 Å². The molecule has 0 bridgehead atoms. The van der Waals surface area contributed by atoms with E-state index in [1.54, 1.807) is 0 Å². The van der Waals surface area contributed by atoms with E-state index < -0.39 is 0 Å². The summed E-state index contributed by atoms with van der Waals surface area (Å²) in [6, 6.07) is 5.80.